The average molecular weight is 276 g/mol. The summed E-state index contributed by atoms with van der Waals surface area (Å²) in [5, 5.41) is 5.96. The molecule has 0 aromatic carbocycles. The van der Waals surface area contributed by atoms with Crippen LogP contribution in [0.5, 0.6) is 0 Å². The van der Waals surface area contributed by atoms with E-state index in [2.05, 4.69) is 20.5 Å². The smallest absolute Gasteiger partial charge is 0.269 e. The van der Waals surface area contributed by atoms with Gasteiger partial charge in [-0.25, -0.2) is 0 Å². The Morgan fingerprint density at radius 2 is 2.05 bits per heavy atom. The van der Waals surface area contributed by atoms with Crippen LogP contribution in [-0.4, -0.2) is 49.0 Å². The number of aromatic nitrogens is 1. The van der Waals surface area contributed by atoms with E-state index >= 15 is 0 Å². The zero-order valence-corrected chi connectivity index (χ0v) is 12.2. The predicted octanol–water partition coefficient (Wildman–Crippen LogP) is 1.73. The molecular formula is C15H24N4O. The van der Waals surface area contributed by atoms with Crippen LogP contribution in [0, 0.1) is 0 Å². The van der Waals surface area contributed by atoms with Gasteiger partial charge in [-0.1, -0.05) is 12.8 Å². The summed E-state index contributed by atoms with van der Waals surface area (Å²) in [6.45, 7) is 4.37. The molecule has 0 bridgehead atoms. The average Bonchev–Trinajstić information content (AvgIpc) is 2.75. The minimum Gasteiger partial charge on any atom is -0.384 e. The molecule has 20 heavy (non-hydrogen) atoms. The highest BCUT2D eigenvalue weighted by molar-refractivity contribution is 5.92. The lowest BCUT2D eigenvalue weighted by molar-refractivity contribution is 0.0958. The van der Waals surface area contributed by atoms with Crippen LogP contribution in [0.2, 0.25) is 0 Å². The number of hydrogen-bond donors (Lipinski definition) is 2. The van der Waals surface area contributed by atoms with Crippen LogP contribution in [0.1, 0.15) is 36.2 Å². The minimum absolute atomic E-state index is 0.152. The SMILES string of the molecule is CNC(=O)c1cc(NCCN2CCCCCC2)ccn1. The molecule has 0 atom stereocenters. The third kappa shape index (κ3) is 4.49. The summed E-state index contributed by atoms with van der Waals surface area (Å²) in [6, 6.07) is 3.69. The summed E-state index contributed by atoms with van der Waals surface area (Å²) in [5.41, 5.74) is 1.40. The van der Waals surface area contributed by atoms with Gasteiger partial charge >= 0.3 is 0 Å². The van der Waals surface area contributed by atoms with E-state index in [1.54, 1.807) is 19.3 Å². The highest BCUT2D eigenvalue weighted by atomic mass is 16.1. The molecule has 2 heterocycles. The van der Waals surface area contributed by atoms with Crippen LogP contribution in [-0.2, 0) is 0 Å². The summed E-state index contributed by atoms with van der Waals surface area (Å²) in [7, 11) is 1.61. The Labute approximate surface area is 120 Å². The number of likely N-dealkylation sites (tertiary alicyclic amines) is 1. The first-order valence-corrected chi connectivity index (χ1v) is 7.44. The Balaban J connectivity index is 1.80. The van der Waals surface area contributed by atoms with E-state index in [0.717, 1.165) is 18.8 Å². The molecule has 2 rings (SSSR count). The van der Waals surface area contributed by atoms with Gasteiger partial charge in [0.25, 0.3) is 5.91 Å². The number of nitrogens with zero attached hydrogens (tertiary/aromatic N) is 2. The Morgan fingerprint density at radius 3 is 2.75 bits per heavy atom. The monoisotopic (exact) mass is 276 g/mol. The fraction of sp³-hybridized carbons (Fsp3) is 0.600. The molecular weight excluding hydrogens is 252 g/mol. The maximum Gasteiger partial charge on any atom is 0.269 e. The zero-order chi connectivity index (χ0) is 14.2. The molecule has 5 heteroatoms. The minimum atomic E-state index is -0.152. The summed E-state index contributed by atoms with van der Waals surface area (Å²) < 4.78 is 0. The fourth-order valence-corrected chi connectivity index (χ4v) is 2.51. The summed E-state index contributed by atoms with van der Waals surface area (Å²) in [6.07, 6.45) is 7.03. The van der Waals surface area contributed by atoms with Gasteiger partial charge in [0.2, 0.25) is 0 Å². The van der Waals surface area contributed by atoms with Gasteiger partial charge in [-0.2, -0.15) is 0 Å². The van der Waals surface area contributed by atoms with E-state index in [0.29, 0.717) is 5.69 Å². The van der Waals surface area contributed by atoms with E-state index in [4.69, 9.17) is 0 Å². The van der Waals surface area contributed by atoms with Crippen molar-refractivity contribution in [3.8, 4) is 0 Å². The molecule has 2 N–H and O–H groups in total. The normalized spacial score (nSPS) is 16.4. The topological polar surface area (TPSA) is 57.3 Å². The maximum atomic E-state index is 11.5. The van der Waals surface area contributed by atoms with Gasteiger partial charge in [0.15, 0.2) is 0 Å². The third-order valence-corrected chi connectivity index (χ3v) is 3.68. The first-order chi connectivity index (χ1) is 9.79. The second-order valence-corrected chi connectivity index (χ2v) is 5.19. The summed E-state index contributed by atoms with van der Waals surface area (Å²) >= 11 is 0. The molecule has 5 nitrogen and oxygen atoms in total. The van der Waals surface area contributed by atoms with Crippen molar-refractivity contribution in [2.24, 2.45) is 0 Å². The first kappa shape index (κ1) is 14.8. The molecule has 0 aliphatic carbocycles. The van der Waals surface area contributed by atoms with Gasteiger partial charge in [0, 0.05) is 32.0 Å². The second-order valence-electron chi connectivity index (χ2n) is 5.19. The standard InChI is InChI=1S/C15H24N4O/c1-16-15(20)14-12-13(6-7-18-14)17-8-11-19-9-4-2-3-5-10-19/h6-7,12H,2-5,8-11H2,1H3,(H,16,20)(H,17,18). The molecule has 0 unspecified atom stereocenters. The van der Waals surface area contributed by atoms with Crippen molar-refractivity contribution in [3.63, 3.8) is 0 Å². The number of amides is 1. The Kier molecular flexibility index (Phi) is 5.80. The van der Waals surface area contributed by atoms with Crippen molar-refractivity contribution >= 4 is 11.6 Å². The third-order valence-electron chi connectivity index (χ3n) is 3.68. The van der Waals surface area contributed by atoms with Gasteiger partial charge in [0.1, 0.15) is 5.69 Å². The van der Waals surface area contributed by atoms with Crippen molar-refractivity contribution in [2.75, 3.05) is 38.5 Å². The fourth-order valence-electron chi connectivity index (χ4n) is 2.51. The van der Waals surface area contributed by atoms with Gasteiger partial charge in [-0.05, 0) is 38.1 Å². The number of nitrogens with one attached hydrogen (secondary N) is 2. The number of anilines is 1. The van der Waals surface area contributed by atoms with Crippen molar-refractivity contribution < 1.29 is 4.79 Å². The van der Waals surface area contributed by atoms with Gasteiger partial charge in [-0.15, -0.1) is 0 Å². The predicted molar refractivity (Wildman–Crippen MR) is 81.0 cm³/mol. The van der Waals surface area contributed by atoms with Gasteiger partial charge in [-0.3, -0.25) is 9.78 Å². The van der Waals surface area contributed by atoms with Crippen LogP contribution in [0.3, 0.4) is 0 Å². The first-order valence-electron chi connectivity index (χ1n) is 7.44. The molecule has 1 aromatic rings. The number of carbonyl (C=O) groups is 1. The van der Waals surface area contributed by atoms with Crippen molar-refractivity contribution in [1.82, 2.24) is 15.2 Å². The van der Waals surface area contributed by atoms with Gasteiger partial charge in [0.05, 0.1) is 0 Å². The molecule has 1 aliphatic heterocycles. The second kappa shape index (κ2) is 7.85. The Morgan fingerprint density at radius 1 is 1.30 bits per heavy atom. The van der Waals surface area contributed by atoms with E-state index in [1.165, 1.54) is 38.8 Å². The summed E-state index contributed by atoms with van der Waals surface area (Å²) in [5.74, 6) is -0.152. The van der Waals surface area contributed by atoms with E-state index in [1.807, 2.05) is 6.07 Å². The van der Waals surface area contributed by atoms with Crippen LogP contribution in [0.25, 0.3) is 0 Å². The number of rotatable bonds is 5. The van der Waals surface area contributed by atoms with Crippen molar-refractivity contribution in [3.05, 3.63) is 24.0 Å². The molecule has 1 saturated heterocycles. The molecule has 1 aromatic heterocycles. The number of pyridine rings is 1. The Hall–Kier alpha value is -1.62. The number of hydrogen-bond acceptors (Lipinski definition) is 4. The molecule has 110 valence electrons. The number of carbonyl (C=O) groups excluding carboxylic acids is 1. The highest BCUT2D eigenvalue weighted by Crippen LogP contribution is 2.10. The maximum absolute atomic E-state index is 11.5. The lowest BCUT2D eigenvalue weighted by Gasteiger charge is -2.20. The molecule has 0 spiro atoms. The van der Waals surface area contributed by atoms with Crippen LogP contribution >= 0.6 is 0 Å². The largest absolute Gasteiger partial charge is 0.384 e. The molecule has 1 amide bonds. The lowest BCUT2D eigenvalue weighted by atomic mass is 10.2. The van der Waals surface area contributed by atoms with E-state index < -0.39 is 0 Å². The highest BCUT2D eigenvalue weighted by Gasteiger charge is 2.09. The van der Waals surface area contributed by atoms with Crippen LogP contribution in [0.15, 0.2) is 18.3 Å². The molecule has 1 fully saturated rings. The van der Waals surface area contributed by atoms with Crippen LogP contribution < -0.4 is 10.6 Å². The molecule has 0 radical (unpaired) electrons. The van der Waals surface area contributed by atoms with Gasteiger partial charge < -0.3 is 15.5 Å². The van der Waals surface area contributed by atoms with Crippen LogP contribution in [0.4, 0.5) is 5.69 Å². The van der Waals surface area contributed by atoms with E-state index in [-0.39, 0.29) is 5.91 Å². The van der Waals surface area contributed by atoms with Crippen molar-refractivity contribution in [2.45, 2.75) is 25.7 Å². The van der Waals surface area contributed by atoms with E-state index in [9.17, 15) is 4.79 Å². The summed E-state index contributed by atoms with van der Waals surface area (Å²) in [4.78, 5) is 18.1. The lowest BCUT2D eigenvalue weighted by Crippen LogP contribution is -2.30. The molecule has 1 aliphatic rings. The quantitative estimate of drug-likeness (QED) is 0.860. The molecule has 0 saturated carbocycles. The Bertz CT molecular complexity index is 428. The zero-order valence-electron chi connectivity index (χ0n) is 12.2. The van der Waals surface area contributed by atoms with Crippen molar-refractivity contribution in [1.29, 1.82) is 0 Å².